The van der Waals surface area contributed by atoms with Crippen LogP contribution in [0.2, 0.25) is 0 Å². The van der Waals surface area contributed by atoms with Gasteiger partial charge in [0.1, 0.15) is 0 Å². The first-order valence-corrected chi connectivity index (χ1v) is 9.07. The number of urea groups is 1. The van der Waals surface area contributed by atoms with Crippen molar-refractivity contribution >= 4 is 17.4 Å². The summed E-state index contributed by atoms with van der Waals surface area (Å²) in [4.78, 5) is 16.9. The smallest absolute Gasteiger partial charge is 0.318 e. The second-order valence-corrected chi connectivity index (χ2v) is 6.95. The molecule has 3 rings (SSSR count). The maximum atomic E-state index is 12.6. The Kier molecular flexibility index (Phi) is 5.33. The summed E-state index contributed by atoms with van der Waals surface area (Å²) >= 11 is 1.70. The van der Waals surface area contributed by atoms with Gasteiger partial charge in [0.25, 0.3) is 0 Å². The van der Waals surface area contributed by atoms with Crippen LogP contribution in [0.15, 0.2) is 16.8 Å². The van der Waals surface area contributed by atoms with Crippen LogP contribution in [-0.4, -0.2) is 61.3 Å². The maximum Gasteiger partial charge on any atom is 0.318 e. The molecular weight excluding hydrogens is 298 g/mol. The fraction of sp³-hybridized carbons (Fsp3) is 0.688. The molecule has 2 fully saturated rings. The van der Waals surface area contributed by atoms with E-state index in [0.29, 0.717) is 0 Å². The van der Waals surface area contributed by atoms with Crippen LogP contribution in [0.25, 0.3) is 0 Å². The van der Waals surface area contributed by atoms with Gasteiger partial charge in [0, 0.05) is 32.2 Å². The van der Waals surface area contributed by atoms with Crippen molar-refractivity contribution in [1.29, 1.82) is 0 Å². The Hall–Kier alpha value is -1.11. The number of nitrogens with zero attached hydrogens (tertiary/aromatic N) is 2. The van der Waals surface area contributed by atoms with E-state index in [9.17, 15) is 4.79 Å². The molecule has 0 bridgehead atoms. The first-order chi connectivity index (χ1) is 10.7. The number of hydrogen-bond donors (Lipinski definition) is 1. The number of morpholine rings is 1. The van der Waals surface area contributed by atoms with E-state index in [2.05, 4.69) is 34.0 Å². The van der Waals surface area contributed by atoms with Gasteiger partial charge >= 0.3 is 6.03 Å². The third kappa shape index (κ3) is 3.80. The van der Waals surface area contributed by atoms with E-state index in [-0.39, 0.29) is 18.1 Å². The number of likely N-dealkylation sites (tertiary alicyclic amines) is 1. The predicted molar refractivity (Wildman–Crippen MR) is 88.3 cm³/mol. The number of nitrogens with one attached hydrogen (secondary N) is 1. The van der Waals surface area contributed by atoms with Gasteiger partial charge in [-0.25, -0.2) is 4.79 Å². The third-order valence-electron chi connectivity index (χ3n) is 4.45. The standard InChI is InChI=1S/C16H25N3O2S/c1-13(11-18-6-8-21-9-7-18)17-16(20)19-5-2-3-15(19)14-4-10-22-12-14/h4,10,12-13,15H,2-3,5-9,11H2,1H3,(H,17,20)/t13-,15+/m1/s1. The summed E-state index contributed by atoms with van der Waals surface area (Å²) in [6, 6.07) is 2.63. The number of carbonyl (C=O) groups is 1. The lowest BCUT2D eigenvalue weighted by atomic mass is 10.1. The quantitative estimate of drug-likeness (QED) is 0.925. The molecule has 0 radical (unpaired) electrons. The number of carbonyl (C=O) groups excluding carboxylic acids is 1. The summed E-state index contributed by atoms with van der Waals surface area (Å²) in [6.07, 6.45) is 2.16. The SMILES string of the molecule is C[C@H](CN1CCOCC1)NC(=O)N1CCC[C@H]1c1ccsc1. The largest absolute Gasteiger partial charge is 0.379 e. The molecule has 0 aromatic carbocycles. The predicted octanol–water partition coefficient (Wildman–Crippen LogP) is 2.32. The van der Waals surface area contributed by atoms with E-state index in [0.717, 1.165) is 52.2 Å². The van der Waals surface area contributed by atoms with Gasteiger partial charge in [0.2, 0.25) is 0 Å². The molecule has 2 atom stereocenters. The van der Waals surface area contributed by atoms with E-state index >= 15 is 0 Å². The van der Waals surface area contributed by atoms with Gasteiger partial charge in [-0.3, -0.25) is 4.90 Å². The monoisotopic (exact) mass is 323 g/mol. The van der Waals surface area contributed by atoms with Crippen LogP contribution >= 0.6 is 11.3 Å². The molecule has 122 valence electrons. The second kappa shape index (κ2) is 7.44. The number of thiophene rings is 1. The molecule has 6 heteroatoms. The highest BCUT2D eigenvalue weighted by Crippen LogP contribution is 2.32. The molecule has 1 aromatic heterocycles. The van der Waals surface area contributed by atoms with Crippen molar-refractivity contribution in [2.45, 2.75) is 31.8 Å². The van der Waals surface area contributed by atoms with Crippen LogP contribution in [-0.2, 0) is 4.74 Å². The van der Waals surface area contributed by atoms with Gasteiger partial charge in [0.15, 0.2) is 0 Å². The highest BCUT2D eigenvalue weighted by atomic mass is 32.1. The molecule has 2 saturated heterocycles. The van der Waals surface area contributed by atoms with Crippen molar-refractivity contribution in [2.75, 3.05) is 39.4 Å². The number of ether oxygens (including phenoxy) is 1. The average molecular weight is 323 g/mol. The first kappa shape index (κ1) is 15.8. The van der Waals surface area contributed by atoms with Gasteiger partial charge in [-0.1, -0.05) is 0 Å². The summed E-state index contributed by atoms with van der Waals surface area (Å²) in [5.74, 6) is 0. The van der Waals surface area contributed by atoms with Crippen molar-refractivity contribution in [3.05, 3.63) is 22.4 Å². The molecule has 1 aromatic rings. The van der Waals surface area contributed by atoms with Crippen molar-refractivity contribution < 1.29 is 9.53 Å². The molecule has 5 nitrogen and oxygen atoms in total. The maximum absolute atomic E-state index is 12.6. The summed E-state index contributed by atoms with van der Waals surface area (Å²) in [5, 5.41) is 7.42. The summed E-state index contributed by atoms with van der Waals surface area (Å²) in [6.45, 7) is 7.36. The lowest BCUT2D eigenvalue weighted by molar-refractivity contribution is 0.0346. The van der Waals surface area contributed by atoms with Crippen molar-refractivity contribution in [3.8, 4) is 0 Å². The Morgan fingerprint density at radius 3 is 3.00 bits per heavy atom. The van der Waals surface area contributed by atoms with Crippen molar-refractivity contribution in [2.24, 2.45) is 0 Å². The second-order valence-electron chi connectivity index (χ2n) is 6.17. The highest BCUT2D eigenvalue weighted by molar-refractivity contribution is 7.07. The number of hydrogen-bond acceptors (Lipinski definition) is 4. The molecule has 1 N–H and O–H groups in total. The van der Waals surface area contributed by atoms with E-state index in [1.54, 1.807) is 11.3 Å². The zero-order chi connectivity index (χ0) is 15.4. The lowest BCUT2D eigenvalue weighted by Gasteiger charge is -2.31. The van der Waals surface area contributed by atoms with E-state index in [4.69, 9.17) is 4.74 Å². The summed E-state index contributed by atoms with van der Waals surface area (Å²) < 4.78 is 5.36. The van der Waals surface area contributed by atoms with Gasteiger partial charge in [-0.05, 0) is 42.2 Å². The molecule has 3 heterocycles. The van der Waals surface area contributed by atoms with Crippen LogP contribution in [0.3, 0.4) is 0 Å². The minimum Gasteiger partial charge on any atom is -0.379 e. The van der Waals surface area contributed by atoms with E-state index < -0.39 is 0 Å². The molecule has 0 aliphatic carbocycles. The van der Waals surface area contributed by atoms with Crippen molar-refractivity contribution in [3.63, 3.8) is 0 Å². The Bertz CT molecular complexity index is 474. The van der Waals surface area contributed by atoms with Gasteiger partial charge in [-0.2, -0.15) is 11.3 Å². The normalized spacial score (nSPS) is 24.4. The number of amides is 2. The summed E-state index contributed by atoms with van der Waals surface area (Å²) in [5.41, 5.74) is 1.28. The highest BCUT2D eigenvalue weighted by Gasteiger charge is 2.30. The Morgan fingerprint density at radius 1 is 1.45 bits per heavy atom. The van der Waals surface area contributed by atoms with Gasteiger partial charge < -0.3 is 15.0 Å². The fourth-order valence-corrected chi connectivity index (χ4v) is 4.04. The van der Waals surface area contributed by atoms with Crippen LogP contribution < -0.4 is 5.32 Å². The fourth-order valence-electron chi connectivity index (χ4n) is 3.33. The van der Waals surface area contributed by atoms with E-state index in [1.165, 1.54) is 5.56 Å². The number of rotatable bonds is 4. The van der Waals surface area contributed by atoms with Crippen LogP contribution in [0.5, 0.6) is 0 Å². The summed E-state index contributed by atoms with van der Waals surface area (Å²) in [7, 11) is 0. The van der Waals surface area contributed by atoms with E-state index in [1.807, 2.05) is 4.90 Å². The molecule has 0 spiro atoms. The minimum absolute atomic E-state index is 0.0782. The van der Waals surface area contributed by atoms with Gasteiger partial charge in [0.05, 0.1) is 19.3 Å². The molecule has 2 aliphatic rings. The Labute approximate surface area is 136 Å². The van der Waals surface area contributed by atoms with Crippen LogP contribution in [0.1, 0.15) is 31.4 Å². The Morgan fingerprint density at radius 2 is 2.27 bits per heavy atom. The van der Waals surface area contributed by atoms with Crippen LogP contribution in [0.4, 0.5) is 4.79 Å². The molecule has 0 unspecified atom stereocenters. The molecule has 2 aliphatic heterocycles. The minimum atomic E-state index is 0.0782. The van der Waals surface area contributed by atoms with Crippen molar-refractivity contribution in [1.82, 2.24) is 15.1 Å². The zero-order valence-corrected chi connectivity index (χ0v) is 14.0. The zero-order valence-electron chi connectivity index (χ0n) is 13.2. The first-order valence-electron chi connectivity index (χ1n) is 8.13. The van der Waals surface area contributed by atoms with Gasteiger partial charge in [-0.15, -0.1) is 0 Å². The molecule has 2 amide bonds. The Balaban J connectivity index is 1.52. The lowest BCUT2D eigenvalue weighted by Crippen LogP contribution is -2.49. The van der Waals surface area contributed by atoms with Crippen LogP contribution in [0, 0.1) is 0 Å². The topological polar surface area (TPSA) is 44.8 Å². The molecule has 22 heavy (non-hydrogen) atoms. The molecule has 0 saturated carbocycles. The third-order valence-corrected chi connectivity index (χ3v) is 5.15. The average Bonchev–Trinajstić information content (AvgIpc) is 3.19. The molecular formula is C16H25N3O2S.